The minimum atomic E-state index is -3.41. The summed E-state index contributed by atoms with van der Waals surface area (Å²) in [5.74, 6) is -4.99. The van der Waals surface area contributed by atoms with Crippen molar-refractivity contribution in [2.24, 2.45) is 5.92 Å². The molecule has 2 aromatic rings. The summed E-state index contributed by atoms with van der Waals surface area (Å²) in [4.78, 5) is 11.6. The van der Waals surface area contributed by atoms with E-state index >= 15 is 0 Å². The van der Waals surface area contributed by atoms with Gasteiger partial charge in [-0.2, -0.15) is 0 Å². The molecule has 10 heteroatoms. The number of aliphatic hydroxyl groups excluding tert-OH is 2. The summed E-state index contributed by atoms with van der Waals surface area (Å²) in [7, 11) is 1.22. The second kappa shape index (κ2) is 5.07. The normalized spacial score (nSPS) is 31.0. The molecule has 1 fully saturated rings. The molecule has 4 N–H and O–H groups in total. The Hall–Kier alpha value is -1.91. The van der Waals surface area contributed by atoms with Crippen LogP contribution in [-0.4, -0.2) is 61.6 Å². The van der Waals surface area contributed by atoms with E-state index < -0.39 is 36.7 Å². The lowest BCUT2D eigenvalue weighted by atomic mass is 10.0. The number of hydrogen-bond acceptors (Lipinski definition) is 7. The molecule has 4 atom stereocenters. The summed E-state index contributed by atoms with van der Waals surface area (Å²) in [5, 5.41) is 19.2. The monoisotopic (exact) mass is 315 g/mol. The molecule has 22 heavy (non-hydrogen) atoms. The van der Waals surface area contributed by atoms with E-state index in [9.17, 15) is 19.0 Å². The highest BCUT2D eigenvalue weighted by Gasteiger charge is 2.63. The van der Waals surface area contributed by atoms with Crippen molar-refractivity contribution in [3.8, 4) is 0 Å². The Morgan fingerprint density at radius 1 is 1.41 bits per heavy atom. The minimum absolute atomic E-state index is 0.0679. The molecule has 2 aromatic heterocycles. The Morgan fingerprint density at radius 3 is 2.77 bits per heavy atom. The predicted molar refractivity (Wildman–Crippen MR) is 71.1 cm³/mol. The number of anilines is 1. The van der Waals surface area contributed by atoms with Crippen molar-refractivity contribution < 1.29 is 23.7 Å². The van der Waals surface area contributed by atoms with Crippen molar-refractivity contribution in [1.29, 1.82) is 0 Å². The molecule has 1 saturated carbocycles. The van der Waals surface area contributed by atoms with Crippen molar-refractivity contribution in [3.05, 3.63) is 12.7 Å². The second-order valence-electron chi connectivity index (χ2n) is 5.18. The van der Waals surface area contributed by atoms with Gasteiger partial charge in [0.15, 0.2) is 11.5 Å². The first kappa shape index (κ1) is 15.0. The topological polar surface area (TPSA) is 119 Å². The highest BCUT2D eigenvalue weighted by Crippen LogP contribution is 2.49. The van der Waals surface area contributed by atoms with Crippen LogP contribution in [0.25, 0.3) is 11.2 Å². The average Bonchev–Trinajstić information content (AvgIpc) is 2.96. The Balaban J connectivity index is 2.17. The zero-order valence-electron chi connectivity index (χ0n) is 11.6. The van der Waals surface area contributed by atoms with Gasteiger partial charge in [0.25, 0.3) is 5.92 Å². The molecule has 1 unspecified atom stereocenters. The second-order valence-corrected chi connectivity index (χ2v) is 5.18. The number of aliphatic hydroxyl groups is 2. The fourth-order valence-electron chi connectivity index (χ4n) is 3.00. The lowest BCUT2D eigenvalue weighted by molar-refractivity contribution is -0.101. The molecule has 2 heterocycles. The zero-order valence-corrected chi connectivity index (χ0v) is 11.6. The Bertz CT molecular complexity index is 694. The van der Waals surface area contributed by atoms with Gasteiger partial charge in [0.05, 0.1) is 25.0 Å². The number of imidazole rings is 1. The molecule has 0 amide bonds. The molecule has 0 bridgehead atoms. The lowest BCUT2D eigenvalue weighted by Crippen LogP contribution is -2.36. The molecule has 0 radical (unpaired) electrons. The summed E-state index contributed by atoms with van der Waals surface area (Å²) in [6.45, 7) is -0.867. The van der Waals surface area contributed by atoms with Gasteiger partial charge in [0.2, 0.25) is 0 Å². The van der Waals surface area contributed by atoms with Crippen LogP contribution in [0.5, 0.6) is 0 Å². The van der Waals surface area contributed by atoms with E-state index in [1.807, 2.05) is 0 Å². The van der Waals surface area contributed by atoms with Crippen LogP contribution >= 0.6 is 0 Å². The number of aromatic nitrogens is 4. The third-order valence-corrected chi connectivity index (χ3v) is 4.10. The van der Waals surface area contributed by atoms with Crippen LogP contribution in [0.15, 0.2) is 12.7 Å². The van der Waals surface area contributed by atoms with Gasteiger partial charge in [0, 0.05) is 7.11 Å². The smallest absolute Gasteiger partial charge is 0.278 e. The molecular formula is C12H15F2N5O3. The van der Waals surface area contributed by atoms with Crippen LogP contribution < -0.4 is 5.73 Å². The molecule has 3 rings (SSSR count). The number of fused-ring (bicyclic) bond motifs is 1. The highest BCUT2D eigenvalue weighted by atomic mass is 19.3. The van der Waals surface area contributed by atoms with Gasteiger partial charge in [-0.25, -0.2) is 23.7 Å². The molecule has 1 aliphatic carbocycles. The van der Waals surface area contributed by atoms with E-state index in [2.05, 4.69) is 15.0 Å². The Kier molecular flexibility index (Phi) is 3.46. The van der Waals surface area contributed by atoms with E-state index in [0.717, 1.165) is 17.2 Å². The van der Waals surface area contributed by atoms with Gasteiger partial charge in [-0.3, -0.25) is 0 Å². The van der Waals surface area contributed by atoms with Gasteiger partial charge in [-0.1, -0.05) is 0 Å². The number of alkyl halides is 2. The lowest BCUT2D eigenvalue weighted by Gasteiger charge is -2.26. The van der Waals surface area contributed by atoms with E-state index in [0.29, 0.717) is 0 Å². The standard InChI is InChI=1S/C12H15F2N5O3/c1-22-8-7(21)5(2-20)12(13,14)9(8)19-4-18-6-10(15)16-3-17-11(6)19/h3-5,7-9,20-21H,2H2,1H3,(H2,15,16,17)/t5-,7+,8?,9+/m1/s1. The number of methoxy groups -OCH3 is 1. The van der Waals surface area contributed by atoms with Crippen molar-refractivity contribution >= 4 is 17.0 Å². The third kappa shape index (κ3) is 1.87. The maximum absolute atomic E-state index is 14.6. The highest BCUT2D eigenvalue weighted by molar-refractivity contribution is 5.81. The zero-order chi connectivity index (χ0) is 16.1. The van der Waals surface area contributed by atoms with Gasteiger partial charge in [-0.05, 0) is 0 Å². The molecule has 1 aliphatic rings. The fourth-order valence-corrected chi connectivity index (χ4v) is 3.00. The first-order valence-electron chi connectivity index (χ1n) is 6.56. The fraction of sp³-hybridized carbons (Fsp3) is 0.583. The summed E-state index contributed by atoms with van der Waals surface area (Å²) in [5.41, 5.74) is 5.95. The summed E-state index contributed by atoms with van der Waals surface area (Å²) in [6.07, 6.45) is -0.440. The molecular weight excluding hydrogens is 300 g/mol. The maximum Gasteiger partial charge on any atom is 0.278 e. The summed E-state index contributed by atoms with van der Waals surface area (Å²) in [6, 6.07) is -1.57. The molecule has 0 aliphatic heterocycles. The van der Waals surface area contributed by atoms with Crippen LogP contribution in [0, 0.1) is 5.92 Å². The number of ether oxygens (including phenoxy) is 1. The van der Waals surface area contributed by atoms with Crippen molar-refractivity contribution in [2.45, 2.75) is 24.2 Å². The van der Waals surface area contributed by atoms with Crippen LogP contribution in [0.3, 0.4) is 0 Å². The van der Waals surface area contributed by atoms with Gasteiger partial charge in [0.1, 0.15) is 24.0 Å². The van der Waals surface area contributed by atoms with Crippen molar-refractivity contribution in [1.82, 2.24) is 19.5 Å². The number of rotatable bonds is 3. The predicted octanol–water partition coefficient (Wildman–Crippen LogP) is -0.417. The SMILES string of the molecule is COC1[C@@H](O)[C@@H](CO)C(F)(F)[C@H]1n1cnc2c(N)ncnc21. The number of nitrogens with two attached hydrogens (primary N) is 1. The van der Waals surface area contributed by atoms with E-state index in [1.165, 1.54) is 7.11 Å². The molecule has 120 valence electrons. The summed E-state index contributed by atoms with van der Waals surface area (Å²) >= 11 is 0. The first-order valence-corrected chi connectivity index (χ1v) is 6.56. The van der Waals surface area contributed by atoms with Crippen molar-refractivity contribution in [2.75, 3.05) is 19.5 Å². The summed E-state index contributed by atoms with van der Waals surface area (Å²) < 4.78 is 35.4. The number of nitrogens with zero attached hydrogens (tertiary/aromatic N) is 4. The molecule has 0 saturated heterocycles. The maximum atomic E-state index is 14.6. The van der Waals surface area contributed by atoms with Crippen LogP contribution in [0.1, 0.15) is 6.04 Å². The number of nitrogen functional groups attached to an aromatic ring is 1. The minimum Gasteiger partial charge on any atom is -0.396 e. The largest absolute Gasteiger partial charge is 0.396 e. The number of hydrogen-bond donors (Lipinski definition) is 3. The van der Waals surface area contributed by atoms with Gasteiger partial charge < -0.3 is 25.3 Å². The Morgan fingerprint density at radius 2 is 2.14 bits per heavy atom. The quantitative estimate of drug-likeness (QED) is 0.704. The van der Waals surface area contributed by atoms with Gasteiger partial charge in [-0.15, -0.1) is 0 Å². The van der Waals surface area contributed by atoms with Crippen molar-refractivity contribution in [3.63, 3.8) is 0 Å². The van der Waals surface area contributed by atoms with Crippen LogP contribution in [-0.2, 0) is 4.74 Å². The van der Waals surface area contributed by atoms with E-state index in [1.54, 1.807) is 0 Å². The van der Waals surface area contributed by atoms with E-state index in [-0.39, 0.29) is 17.0 Å². The Labute approximate surface area is 123 Å². The van der Waals surface area contributed by atoms with E-state index in [4.69, 9.17) is 10.5 Å². The number of halogens is 2. The molecule has 8 nitrogen and oxygen atoms in total. The van der Waals surface area contributed by atoms with Crippen LogP contribution in [0.4, 0.5) is 14.6 Å². The molecule has 0 aromatic carbocycles. The average molecular weight is 315 g/mol. The first-order chi connectivity index (χ1) is 10.4. The third-order valence-electron chi connectivity index (χ3n) is 4.10. The van der Waals surface area contributed by atoms with Gasteiger partial charge >= 0.3 is 0 Å². The van der Waals surface area contributed by atoms with Crippen LogP contribution in [0.2, 0.25) is 0 Å². The molecule has 0 spiro atoms.